The predicted molar refractivity (Wildman–Crippen MR) is 166 cm³/mol. The van der Waals surface area contributed by atoms with Crippen molar-refractivity contribution in [1.82, 2.24) is 0 Å². The molecule has 1 saturated heterocycles. The molecule has 0 aromatic heterocycles. The number of aliphatic hydroxyl groups excluding tert-OH is 1. The van der Waals surface area contributed by atoms with Crippen molar-refractivity contribution in [2.24, 2.45) is 28.6 Å². The number of alkyl halides is 2. The zero-order chi connectivity index (χ0) is 31.1. The number of ketones is 1. The minimum Gasteiger partial charge on any atom is -0.393 e. The van der Waals surface area contributed by atoms with E-state index in [4.69, 9.17) is 9.47 Å². The van der Waals surface area contributed by atoms with Crippen molar-refractivity contribution >= 4 is 33.4 Å². The average Bonchev–Trinajstić information content (AvgIpc) is 3.47. The molecule has 3 saturated carbocycles. The summed E-state index contributed by atoms with van der Waals surface area (Å²) in [6.07, 6.45) is 5.16. The highest BCUT2D eigenvalue weighted by Gasteiger charge is 2.76. The Balaban J connectivity index is 1.21. The smallest absolute Gasteiger partial charge is 0.245 e. The molecule has 4 aliphatic carbocycles. The van der Waals surface area contributed by atoms with Gasteiger partial charge in [-0.25, -0.2) is 8.78 Å². The molecule has 0 amide bonds. The lowest BCUT2D eigenvalue weighted by atomic mass is 9.46. The maximum atomic E-state index is 14.6. The van der Waals surface area contributed by atoms with Crippen LogP contribution in [0.5, 0.6) is 0 Å². The van der Waals surface area contributed by atoms with E-state index in [-0.39, 0.29) is 35.1 Å². The van der Waals surface area contributed by atoms with Gasteiger partial charge in [0.05, 0.1) is 12.2 Å². The Morgan fingerprint density at radius 2 is 1.93 bits per heavy atom. The second kappa shape index (κ2) is 10.6. The van der Waals surface area contributed by atoms with Crippen molar-refractivity contribution in [1.29, 1.82) is 0 Å². The van der Waals surface area contributed by atoms with E-state index in [2.05, 4.69) is 32.0 Å². The Morgan fingerprint density at radius 1 is 1.16 bits per heavy atom. The second-order valence-electron chi connectivity index (χ2n) is 14.2. The predicted octanol–water partition coefficient (Wildman–Crippen LogP) is 7.40. The fourth-order valence-corrected chi connectivity index (χ4v) is 10.7. The highest BCUT2D eigenvalue weighted by Crippen LogP contribution is 2.70. The van der Waals surface area contributed by atoms with Gasteiger partial charge < -0.3 is 14.6 Å². The van der Waals surface area contributed by atoms with E-state index in [1.54, 1.807) is 12.2 Å². The third-order valence-electron chi connectivity index (χ3n) is 11.6. The average molecular weight is 623 g/mol. The molecule has 1 heterocycles. The van der Waals surface area contributed by atoms with Crippen LogP contribution < -0.4 is 0 Å². The van der Waals surface area contributed by atoms with E-state index >= 15 is 0 Å². The fraction of sp³-hybridized carbons (Fsp3) is 0.556. The van der Waals surface area contributed by atoms with Crippen LogP contribution in [0.1, 0.15) is 64.9 Å². The van der Waals surface area contributed by atoms with Crippen molar-refractivity contribution in [2.45, 2.75) is 95.1 Å². The van der Waals surface area contributed by atoms with Gasteiger partial charge in [-0.3, -0.25) is 9.59 Å². The summed E-state index contributed by atoms with van der Waals surface area (Å²) in [5, 5.41) is 14.0. The summed E-state index contributed by atoms with van der Waals surface area (Å²) in [4.78, 5) is 26.8. The number of carbonyl (C=O) groups excluding carboxylic acids is 2. The van der Waals surface area contributed by atoms with Gasteiger partial charge in [0.15, 0.2) is 17.7 Å². The van der Waals surface area contributed by atoms with Crippen LogP contribution in [-0.4, -0.2) is 46.0 Å². The first-order chi connectivity index (χ1) is 20.8. The van der Waals surface area contributed by atoms with Gasteiger partial charge >= 0.3 is 0 Å². The molecule has 234 valence electrons. The highest BCUT2D eigenvalue weighted by molar-refractivity contribution is 8.13. The van der Waals surface area contributed by atoms with Gasteiger partial charge in [-0.15, -0.1) is 0 Å². The van der Waals surface area contributed by atoms with Gasteiger partial charge in [0, 0.05) is 35.3 Å². The van der Waals surface area contributed by atoms with Gasteiger partial charge in [-0.1, -0.05) is 79.7 Å². The number of thioether (sulfide) groups is 1. The molecular weight excluding hydrogens is 582 g/mol. The van der Waals surface area contributed by atoms with Crippen LogP contribution in [0.15, 0.2) is 66.3 Å². The molecule has 5 aliphatic rings. The van der Waals surface area contributed by atoms with E-state index < -0.39 is 47.3 Å². The molecule has 6 unspecified atom stereocenters. The zero-order valence-electron chi connectivity index (χ0n) is 25.4. The third-order valence-corrected chi connectivity index (χ3v) is 12.6. The largest absolute Gasteiger partial charge is 0.393 e. The summed E-state index contributed by atoms with van der Waals surface area (Å²) in [5.74, 6) is -2.42. The normalized spacial score (nSPS) is 39.4. The van der Waals surface area contributed by atoms with Crippen LogP contribution >= 0.6 is 11.8 Å². The third kappa shape index (κ3) is 4.66. The SMILES string of the molecule is CC(F)(F)CCC1O[C@@H]2CC3C4CCC5=CC(=O)C=CC5(C)C4[C@@H](O)CC3(C)[C@]2(C(=O)SCc2ccc3ccccc3c2)O1. The fourth-order valence-electron chi connectivity index (χ4n) is 9.57. The summed E-state index contributed by atoms with van der Waals surface area (Å²) >= 11 is 1.20. The monoisotopic (exact) mass is 622 g/mol. The molecule has 8 heteroatoms. The zero-order valence-corrected chi connectivity index (χ0v) is 26.2. The first-order valence-electron chi connectivity index (χ1n) is 15.8. The molecule has 1 N–H and O–H groups in total. The maximum Gasteiger partial charge on any atom is 0.245 e. The molecule has 2 aromatic carbocycles. The van der Waals surface area contributed by atoms with Crippen LogP contribution in [-0.2, 0) is 24.8 Å². The first-order valence-corrected chi connectivity index (χ1v) is 16.8. The molecule has 1 aliphatic heterocycles. The lowest BCUT2D eigenvalue weighted by Crippen LogP contribution is -2.62. The van der Waals surface area contributed by atoms with E-state index in [0.29, 0.717) is 18.6 Å². The number of fused-ring (bicyclic) bond motifs is 8. The molecule has 4 fully saturated rings. The van der Waals surface area contributed by atoms with Gasteiger partial charge in [0.1, 0.15) is 0 Å². The van der Waals surface area contributed by atoms with Crippen molar-refractivity contribution in [3.8, 4) is 0 Å². The lowest BCUT2D eigenvalue weighted by molar-refractivity contribution is -0.196. The topological polar surface area (TPSA) is 72.8 Å². The number of allylic oxidation sites excluding steroid dienone is 4. The number of benzene rings is 2. The van der Waals surface area contributed by atoms with E-state index in [1.165, 1.54) is 11.8 Å². The summed E-state index contributed by atoms with van der Waals surface area (Å²) in [5.41, 5.74) is -0.460. The summed E-state index contributed by atoms with van der Waals surface area (Å²) in [6, 6.07) is 14.3. The lowest BCUT2D eigenvalue weighted by Gasteiger charge is -2.59. The highest BCUT2D eigenvalue weighted by atomic mass is 32.2. The number of halogens is 2. The summed E-state index contributed by atoms with van der Waals surface area (Å²) < 4.78 is 40.8. The summed E-state index contributed by atoms with van der Waals surface area (Å²) in [7, 11) is 0. The Hall–Kier alpha value is -2.39. The van der Waals surface area contributed by atoms with Crippen molar-refractivity contribution in [3.63, 3.8) is 0 Å². The van der Waals surface area contributed by atoms with E-state index in [0.717, 1.165) is 41.7 Å². The summed E-state index contributed by atoms with van der Waals surface area (Å²) in [6.45, 7) is 5.06. The van der Waals surface area contributed by atoms with Crippen LogP contribution in [0, 0.1) is 28.6 Å². The number of hydrogen-bond acceptors (Lipinski definition) is 6. The van der Waals surface area contributed by atoms with Crippen molar-refractivity contribution < 1.29 is 33.0 Å². The molecule has 9 atom stereocenters. The quantitative estimate of drug-likeness (QED) is 0.362. The standard InChI is InChI=1S/C36H40F2O5S/c1-33-14-12-25(39)17-24(33)10-11-26-27-18-29-36(34(27,2)19-28(40)31(26)33,43-30(42-29)13-15-35(3,37)38)32(41)44-20-21-8-9-22-6-4-5-7-23(22)16-21/h4-9,12,14,16-17,26-31,40H,10-11,13,15,18-20H2,1-3H3/t26?,27?,28-,29+,30?,31?,33?,34?,36-/m0/s1. The number of hydrogen-bond donors (Lipinski definition) is 1. The van der Waals surface area contributed by atoms with Crippen LogP contribution in [0.25, 0.3) is 10.8 Å². The first kappa shape index (κ1) is 30.3. The Labute approximate surface area is 261 Å². The maximum absolute atomic E-state index is 14.6. The molecule has 5 nitrogen and oxygen atoms in total. The molecule has 7 rings (SSSR count). The minimum atomic E-state index is -2.87. The van der Waals surface area contributed by atoms with Gasteiger partial charge in [-0.2, -0.15) is 0 Å². The van der Waals surface area contributed by atoms with Gasteiger partial charge in [-0.05, 0) is 72.9 Å². The van der Waals surface area contributed by atoms with Crippen LogP contribution in [0.3, 0.4) is 0 Å². The van der Waals surface area contributed by atoms with Gasteiger partial charge in [0.2, 0.25) is 11.0 Å². The van der Waals surface area contributed by atoms with Crippen molar-refractivity contribution in [3.05, 3.63) is 71.8 Å². The molecular formula is C36H40F2O5S. The Bertz CT molecular complexity index is 1570. The number of ether oxygens (including phenoxy) is 2. The minimum absolute atomic E-state index is 0.00915. The van der Waals surface area contributed by atoms with Crippen molar-refractivity contribution in [2.75, 3.05) is 0 Å². The Kier molecular flexibility index (Phi) is 7.28. The molecule has 0 spiro atoms. The van der Waals surface area contributed by atoms with E-state index in [9.17, 15) is 23.5 Å². The number of rotatable bonds is 6. The second-order valence-corrected chi connectivity index (χ2v) is 15.2. The molecule has 2 aromatic rings. The van der Waals surface area contributed by atoms with E-state index in [1.807, 2.05) is 30.3 Å². The van der Waals surface area contributed by atoms with Crippen LogP contribution in [0.4, 0.5) is 8.78 Å². The van der Waals surface area contributed by atoms with Gasteiger partial charge in [0.25, 0.3) is 0 Å². The number of carbonyl (C=O) groups is 2. The molecule has 44 heavy (non-hydrogen) atoms. The molecule has 0 bridgehead atoms. The Morgan fingerprint density at radius 3 is 2.70 bits per heavy atom. The number of aliphatic hydroxyl groups is 1. The molecule has 0 radical (unpaired) electrons. The van der Waals surface area contributed by atoms with Crippen LogP contribution in [0.2, 0.25) is 0 Å².